The van der Waals surface area contributed by atoms with Crippen LogP contribution in [0.3, 0.4) is 0 Å². The molecule has 1 saturated heterocycles. The predicted molar refractivity (Wildman–Crippen MR) is 85.3 cm³/mol. The van der Waals surface area contributed by atoms with Crippen LogP contribution in [0.25, 0.3) is 10.2 Å². The molecule has 102 valence electrons. The van der Waals surface area contributed by atoms with E-state index in [1.807, 2.05) is 11.8 Å². The van der Waals surface area contributed by atoms with Crippen molar-refractivity contribution in [1.82, 2.24) is 9.97 Å². The van der Waals surface area contributed by atoms with Gasteiger partial charge in [-0.15, -0.1) is 11.3 Å². The van der Waals surface area contributed by atoms with E-state index in [9.17, 15) is 0 Å². The van der Waals surface area contributed by atoms with Gasteiger partial charge in [0.2, 0.25) is 5.95 Å². The summed E-state index contributed by atoms with van der Waals surface area (Å²) in [5.74, 6) is 3.71. The molecule has 1 aliphatic rings. The Morgan fingerprint density at radius 3 is 3.05 bits per heavy atom. The van der Waals surface area contributed by atoms with Crippen LogP contribution in [0.2, 0.25) is 0 Å². The van der Waals surface area contributed by atoms with E-state index in [0.717, 1.165) is 40.5 Å². The van der Waals surface area contributed by atoms with E-state index in [1.165, 1.54) is 4.88 Å². The van der Waals surface area contributed by atoms with E-state index in [-0.39, 0.29) is 0 Å². The topological polar surface area (TPSA) is 55.0 Å². The number of nitrogens with two attached hydrogens (primary N) is 1. The van der Waals surface area contributed by atoms with Gasteiger partial charge in [-0.25, -0.2) is 4.98 Å². The molecule has 0 spiro atoms. The maximum atomic E-state index is 5.88. The number of nitrogen functional groups attached to an aromatic ring is 1. The third kappa shape index (κ3) is 2.39. The minimum Gasteiger partial charge on any atom is -0.368 e. The highest BCUT2D eigenvalue weighted by atomic mass is 32.2. The Morgan fingerprint density at radius 1 is 1.47 bits per heavy atom. The number of fused-ring (bicyclic) bond motifs is 1. The molecule has 1 aliphatic heterocycles. The van der Waals surface area contributed by atoms with E-state index < -0.39 is 0 Å². The highest BCUT2D eigenvalue weighted by Gasteiger charge is 2.23. The van der Waals surface area contributed by atoms with Gasteiger partial charge < -0.3 is 10.6 Å². The lowest BCUT2D eigenvalue weighted by atomic mass is 10.2. The summed E-state index contributed by atoms with van der Waals surface area (Å²) in [4.78, 5) is 13.6. The molecule has 1 unspecified atom stereocenters. The van der Waals surface area contributed by atoms with Gasteiger partial charge in [-0.3, -0.25) is 0 Å². The van der Waals surface area contributed by atoms with Crippen molar-refractivity contribution in [3.63, 3.8) is 0 Å². The SMILES string of the molecule is CCc1cc2c(N3CCSCC3C)nc(N)nc2s1. The van der Waals surface area contributed by atoms with Crippen LogP contribution >= 0.6 is 23.1 Å². The zero-order chi connectivity index (χ0) is 13.4. The average Bonchev–Trinajstić information content (AvgIpc) is 2.81. The molecule has 3 rings (SSSR count). The second kappa shape index (κ2) is 5.17. The van der Waals surface area contributed by atoms with E-state index in [2.05, 4.69) is 34.8 Å². The average molecular weight is 294 g/mol. The summed E-state index contributed by atoms with van der Waals surface area (Å²) >= 11 is 3.73. The minimum absolute atomic E-state index is 0.387. The molecule has 0 radical (unpaired) electrons. The van der Waals surface area contributed by atoms with Gasteiger partial charge in [0.25, 0.3) is 0 Å². The second-order valence-corrected chi connectivity index (χ2v) is 7.07. The molecule has 0 aromatic carbocycles. The Morgan fingerprint density at radius 2 is 2.32 bits per heavy atom. The molecular weight excluding hydrogens is 276 g/mol. The smallest absolute Gasteiger partial charge is 0.223 e. The number of anilines is 2. The Bertz CT molecular complexity index is 596. The van der Waals surface area contributed by atoms with E-state index in [0.29, 0.717) is 12.0 Å². The van der Waals surface area contributed by atoms with E-state index >= 15 is 0 Å². The van der Waals surface area contributed by atoms with Gasteiger partial charge in [-0.05, 0) is 19.4 Å². The molecule has 0 bridgehead atoms. The fourth-order valence-corrected chi connectivity index (χ4v) is 4.39. The molecule has 19 heavy (non-hydrogen) atoms. The number of nitrogens with zero attached hydrogens (tertiary/aromatic N) is 3. The molecule has 2 aromatic rings. The Labute approximate surface area is 121 Å². The first kappa shape index (κ1) is 13.0. The molecular formula is C13H18N4S2. The van der Waals surface area contributed by atoms with Crippen LogP contribution in [-0.2, 0) is 6.42 Å². The third-order valence-corrected chi connectivity index (χ3v) is 5.79. The van der Waals surface area contributed by atoms with Gasteiger partial charge in [0, 0.05) is 29.0 Å². The number of aromatic nitrogens is 2. The molecule has 2 N–H and O–H groups in total. The van der Waals surface area contributed by atoms with E-state index in [1.54, 1.807) is 11.3 Å². The fraction of sp³-hybridized carbons (Fsp3) is 0.538. The predicted octanol–water partition coefficient (Wildman–Crippen LogP) is 2.78. The van der Waals surface area contributed by atoms with Gasteiger partial charge in [0.1, 0.15) is 10.6 Å². The summed E-state index contributed by atoms with van der Waals surface area (Å²) in [7, 11) is 0. The lowest BCUT2D eigenvalue weighted by molar-refractivity contribution is 0.693. The fourth-order valence-electron chi connectivity index (χ4n) is 2.41. The second-order valence-electron chi connectivity index (χ2n) is 4.81. The maximum absolute atomic E-state index is 5.88. The van der Waals surface area contributed by atoms with Crippen molar-refractivity contribution in [3.05, 3.63) is 10.9 Å². The van der Waals surface area contributed by atoms with Crippen LogP contribution in [0.1, 0.15) is 18.7 Å². The highest BCUT2D eigenvalue weighted by Crippen LogP contribution is 2.34. The number of aryl methyl sites for hydroxylation is 1. The van der Waals surface area contributed by atoms with Gasteiger partial charge in [0.05, 0.1) is 5.39 Å². The summed E-state index contributed by atoms with van der Waals surface area (Å²) < 4.78 is 0. The Hall–Kier alpha value is -1.01. The standard InChI is InChI=1S/C13H18N4S2/c1-3-9-6-10-11(15-13(14)16-12(10)19-9)17-4-5-18-7-8(17)2/h6,8H,3-5,7H2,1-2H3,(H2,14,15,16). The maximum Gasteiger partial charge on any atom is 0.223 e. The molecule has 0 amide bonds. The van der Waals surface area contributed by atoms with Crippen LogP contribution in [0.4, 0.5) is 11.8 Å². The van der Waals surface area contributed by atoms with Crippen molar-refractivity contribution >= 4 is 45.1 Å². The van der Waals surface area contributed by atoms with Crippen molar-refractivity contribution in [2.24, 2.45) is 0 Å². The molecule has 0 saturated carbocycles. The van der Waals surface area contributed by atoms with Gasteiger partial charge in [0.15, 0.2) is 0 Å². The van der Waals surface area contributed by atoms with Gasteiger partial charge in [-0.2, -0.15) is 16.7 Å². The highest BCUT2D eigenvalue weighted by molar-refractivity contribution is 7.99. The first-order valence-electron chi connectivity index (χ1n) is 6.59. The summed E-state index contributed by atoms with van der Waals surface area (Å²) in [6, 6.07) is 2.73. The first-order chi connectivity index (χ1) is 9.19. The third-order valence-electron chi connectivity index (χ3n) is 3.43. The van der Waals surface area contributed by atoms with Crippen LogP contribution in [0.5, 0.6) is 0 Å². The quantitative estimate of drug-likeness (QED) is 0.923. The van der Waals surface area contributed by atoms with E-state index in [4.69, 9.17) is 5.73 Å². The van der Waals surface area contributed by atoms with Crippen LogP contribution in [0.15, 0.2) is 6.07 Å². The summed E-state index contributed by atoms with van der Waals surface area (Å²) in [6.07, 6.45) is 1.03. The lowest BCUT2D eigenvalue weighted by Crippen LogP contribution is -2.41. The normalized spacial score (nSPS) is 20.1. The molecule has 4 nitrogen and oxygen atoms in total. The van der Waals surface area contributed by atoms with Crippen molar-refractivity contribution in [1.29, 1.82) is 0 Å². The molecule has 3 heterocycles. The van der Waals surface area contributed by atoms with Crippen LogP contribution < -0.4 is 10.6 Å². The van der Waals surface area contributed by atoms with Gasteiger partial charge >= 0.3 is 0 Å². The molecule has 6 heteroatoms. The van der Waals surface area contributed by atoms with Crippen molar-refractivity contribution < 1.29 is 0 Å². The molecule has 2 aromatic heterocycles. The van der Waals surface area contributed by atoms with Crippen LogP contribution in [-0.4, -0.2) is 34.1 Å². The Balaban J connectivity index is 2.12. The largest absolute Gasteiger partial charge is 0.368 e. The first-order valence-corrected chi connectivity index (χ1v) is 8.56. The van der Waals surface area contributed by atoms with Crippen molar-refractivity contribution in [3.8, 4) is 0 Å². The number of hydrogen-bond donors (Lipinski definition) is 1. The number of hydrogen-bond acceptors (Lipinski definition) is 6. The number of thiophene rings is 1. The van der Waals surface area contributed by atoms with Gasteiger partial charge in [-0.1, -0.05) is 6.92 Å². The summed E-state index contributed by atoms with van der Waals surface area (Å²) in [5.41, 5.74) is 5.88. The zero-order valence-corrected chi connectivity index (χ0v) is 12.9. The molecule has 1 atom stereocenters. The van der Waals surface area contributed by atoms with Crippen LogP contribution in [0, 0.1) is 0 Å². The minimum atomic E-state index is 0.387. The summed E-state index contributed by atoms with van der Waals surface area (Å²) in [6.45, 7) is 5.46. The van der Waals surface area contributed by atoms with Crippen molar-refractivity contribution in [2.75, 3.05) is 28.7 Å². The number of rotatable bonds is 2. The monoisotopic (exact) mass is 294 g/mol. The molecule has 0 aliphatic carbocycles. The van der Waals surface area contributed by atoms with Crippen molar-refractivity contribution in [2.45, 2.75) is 26.3 Å². The zero-order valence-electron chi connectivity index (χ0n) is 11.2. The summed E-state index contributed by atoms with van der Waals surface area (Å²) in [5, 5.41) is 1.16. The Kier molecular flexibility index (Phi) is 3.54. The number of thioether (sulfide) groups is 1. The molecule has 1 fully saturated rings. The lowest BCUT2D eigenvalue weighted by Gasteiger charge is -2.34.